The quantitative estimate of drug-likeness (QED) is 0.557. The molecule has 4 nitrogen and oxygen atoms in total. The molecule has 0 atom stereocenters. The van der Waals surface area contributed by atoms with E-state index in [9.17, 15) is 4.79 Å². The van der Waals surface area contributed by atoms with Crippen molar-refractivity contribution in [3.05, 3.63) is 0 Å². The van der Waals surface area contributed by atoms with E-state index in [0.29, 0.717) is 5.11 Å². The number of thiocarbonyl (C=S) groups is 1. The van der Waals surface area contributed by atoms with Gasteiger partial charge in [-0.25, -0.2) is 0 Å². The summed E-state index contributed by atoms with van der Waals surface area (Å²) in [7, 11) is 0. The van der Waals surface area contributed by atoms with E-state index in [-0.39, 0.29) is 12.1 Å². The number of rotatable bonds is 3. The molecule has 5 heteroatoms. The molecule has 1 aliphatic rings. The van der Waals surface area contributed by atoms with E-state index in [2.05, 4.69) is 17.6 Å². The Morgan fingerprint density at radius 1 is 1.62 bits per heavy atom. The number of hydrogen-bond acceptors (Lipinski definition) is 2. The number of nitrogens with two attached hydrogens (primary N) is 1. The first-order valence-electron chi connectivity index (χ1n) is 4.36. The lowest BCUT2D eigenvalue weighted by molar-refractivity contribution is -0.116. The van der Waals surface area contributed by atoms with Crippen LogP contribution in [0.3, 0.4) is 0 Å². The highest BCUT2D eigenvalue weighted by Gasteiger charge is 2.31. The first kappa shape index (κ1) is 10.2. The van der Waals surface area contributed by atoms with Crippen molar-refractivity contribution in [2.24, 2.45) is 5.73 Å². The second-order valence-corrected chi connectivity index (χ2v) is 4.10. The third-order valence-electron chi connectivity index (χ3n) is 2.30. The summed E-state index contributed by atoms with van der Waals surface area (Å²) in [5, 5.41) is 6.43. The van der Waals surface area contributed by atoms with E-state index in [1.54, 1.807) is 0 Å². The summed E-state index contributed by atoms with van der Waals surface area (Å²) in [6.07, 6.45) is 3.50. The molecule has 0 unspecified atom stereocenters. The molecule has 1 aliphatic carbocycles. The zero-order valence-corrected chi connectivity index (χ0v) is 8.54. The summed E-state index contributed by atoms with van der Waals surface area (Å²) in [5.74, 6) is -0.400. The van der Waals surface area contributed by atoms with Crippen molar-refractivity contribution in [2.45, 2.75) is 31.7 Å². The Morgan fingerprint density at radius 2 is 2.23 bits per heavy atom. The average molecular weight is 201 g/mol. The van der Waals surface area contributed by atoms with Gasteiger partial charge >= 0.3 is 0 Å². The maximum atomic E-state index is 10.4. The van der Waals surface area contributed by atoms with Crippen molar-refractivity contribution >= 4 is 23.2 Å². The average Bonchev–Trinajstić information content (AvgIpc) is 1.98. The van der Waals surface area contributed by atoms with E-state index in [0.717, 1.165) is 12.8 Å². The zero-order valence-electron chi connectivity index (χ0n) is 7.72. The molecule has 0 saturated heterocycles. The maximum absolute atomic E-state index is 10.4. The fourth-order valence-corrected chi connectivity index (χ4v) is 1.64. The largest absolute Gasteiger partial charge is 0.368 e. The molecule has 1 amide bonds. The van der Waals surface area contributed by atoms with Crippen molar-refractivity contribution in [1.29, 1.82) is 0 Å². The molecule has 74 valence electrons. The van der Waals surface area contributed by atoms with E-state index < -0.39 is 5.91 Å². The number of nitrogens with one attached hydrogen (secondary N) is 2. The predicted molar refractivity (Wildman–Crippen MR) is 55.2 cm³/mol. The van der Waals surface area contributed by atoms with Crippen molar-refractivity contribution in [1.82, 2.24) is 10.6 Å². The highest BCUT2D eigenvalue weighted by atomic mass is 32.1. The molecular formula is C8H15N3OS. The molecule has 0 heterocycles. The Balaban J connectivity index is 2.21. The van der Waals surface area contributed by atoms with Gasteiger partial charge in [-0.1, -0.05) is 0 Å². The molecule has 13 heavy (non-hydrogen) atoms. The second-order valence-electron chi connectivity index (χ2n) is 3.69. The normalized spacial score (nSPS) is 18.5. The smallest absolute Gasteiger partial charge is 0.236 e. The zero-order chi connectivity index (χ0) is 9.90. The van der Waals surface area contributed by atoms with Crippen molar-refractivity contribution < 1.29 is 4.79 Å². The van der Waals surface area contributed by atoms with Gasteiger partial charge in [0.05, 0.1) is 6.54 Å². The molecule has 0 aliphatic heterocycles. The van der Waals surface area contributed by atoms with Gasteiger partial charge in [-0.2, -0.15) is 0 Å². The van der Waals surface area contributed by atoms with E-state index >= 15 is 0 Å². The minimum atomic E-state index is -0.400. The first-order chi connectivity index (χ1) is 6.02. The van der Waals surface area contributed by atoms with Crippen LogP contribution in [0.15, 0.2) is 0 Å². The third kappa shape index (κ3) is 3.18. The van der Waals surface area contributed by atoms with Crippen molar-refractivity contribution in [3.8, 4) is 0 Å². The lowest BCUT2D eigenvalue weighted by Crippen LogP contribution is -2.54. The number of carbonyl (C=O) groups is 1. The molecule has 1 saturated carbocycles. The van der Waals surface area contributed by atoms with E-state index in [1.165, 1.54) is 6.42 Å². The van der Waals surface area contributed by atoms with E-state index in [4.69, 9.17) is 18.0 Å². The van der Waals surface area contributed by atoms with Crippen LogP contribution < -0.4 is 16.4 Å². The molecule has 0 aromatic rings. The van der Waals surface area contributed by atoms with Gasteiger partial charge in [0, 0.05) is 5.54 Å². The van der Waals surface area contributed by atoms with Crippen LogP contribution in [0.2, 0.25) is 0 Å². The Labute approximate surface area is 83.2 Å². The van der Waals surface area contributed by atoms with Crippen LogP contribution in [-0.4, -0.2) is 23.1 Å². The SMILES string of the molecule is CC1(NC(=S)NCC(N)=O)CCC1. The lowest BCUT2D eigenvalue weighted by atomic mass is 9.79. The third-order valence-corrected chi connectivity index (χ3v) is 2.54. The lowest BCUT2D eigenvalue weighted by Gasteiger charge is -2.40. The minimum absolute atomic E-state index is 0.0991. The topological polar surface area (TPSA) is 67.2 Å². The van der Waals surface area contributed by atoms with Gasteiger partial charge in [0.25, 0.3) is 0 Å². The maximum Gasteiger partial charge on any atom is 0.236 e. The van der Waals surface area contributed by atoms with Crippen LogP contribution in [-0.2, 0) is 4.79 Å². The molecule has 4 N–H and O–H groups in total. The summed E-state index contributed by atoms with van der Waals surface area (Å²) in [5.41, 5.74) is 5.09. The minimum Gasteiger partial charge on any atom is -0.368 e. The molecule has 1 fully saturated rings. The Morgan fingerprint density at radius 3 is 2.62 bits per heavy atom. The molecule has 0 spiro atoms. The fourth-order valence-electron chi connectivity index (χ4n) is 1.32. The molecule has 0 radical (unpaired) electrons. The molecule has 0 bridgehead atoms. The summed E-state index contributed by atoms with van der Waals surface area (Å²) >= 11 is 4.99. The Hall–Kier alpha value is -0.840. The highest BCUT2D eigenvalue weighted by molar-refractivity contribution is 7.80. The standard InChI is InChI=1S/C8H15N3OS/c1-8(3-2-4-8)11-7(13)10-5-6(9)12/h2-5H2,1H3,(H2,9,12)(H2,10,11,13). The van der Waals surface area contributed by atoms with Crippen molar-refractivity contribution in [2.75, 3.05) is 6.54 Å². The Bertz CT molecular complexity index is 225. The van der Waals surface area contributed by atoms with Crippen LogP contribution in [0.4, 0.5) is 0 Å². The highest BCUT2D eigenvalue weighted by Crippen LogP contribution is 2.30. The van der Waals surface area contributed by atoms with Crippen LogP contribution in [0.25, 0.3) is 0 Å². The molecule has 1 rings (SSSR count). The van der Waals surface area contributed by atoms with Gasteiger partial charge in [0.1, 0.15) is 0 Å². The monoisotopic (exact) mass is 201 g/mol. The molecule has 0 aromatic heterocycles. The van der Waals surface area contributed by atoms with E-state index in [1.807, 2.05) is 0 Å². The van der Waals surface area contributed by atoms with Gasteiger partial charge in [0.2, 0.25) is 5.91 Å². The van der Waals surface area contributed by atoms with Crippen LogP contribution in [0.5, 0.6) is 0 Å². The van der Waals surface area contributed by atoms with Gasteiger partial charge in [-0.05, 0) is 38.4 Å². The number of primary amides is 1. The van der Waals surface area contributed by atoms with Crippen LogP contribution in [0, 0.1) is 0 Å². The van der Waals surface area contributed by atoms with Gasteiger partial charge in [-0.3, -0.25) is 4.79 Å². The fraction of sp³-hybridized carbons (Fsp3) is 0.750. The summed E-state index contributed by atoms with van der Waals surface area (Å²) in [6, 6.07) is 0. The Kier molecular flexibility index (Phi) is 3.08. The van der Waals surface area contributed by atoms with Gasteiger partial charge in [-0.15, -0.1) is 0 Å². The van der Waals surface area contributed by atoms with Gasteiger partial charge < -0.3 is 16.4 Å². The number of amides is 1. The van der Waals surface area contributed by atoms with Crippen molar-refractivity contribution in [3.63, 3.8) is 0 Å². The molecule has 0 aromatic carbocycles. The first-order valence-corrected chi connectivity index (χ1v) is 4.77. The number of hydrogen-bond donors (Lipinski definition) is 3. The van der Waals surface area contributed by atoms with Gasteiger partial charge in [0.15, 0.2) is 5.11 Å². The van der Waals surface area contributed by atoms with Crippen LogP contribution in [0.1, 0.15) is 26.2 Å². The summed E-state index contributed by atoms with van der Waals surface area (Å²) < 4.78 is 0. The summed E-state index contributed by atoms with van der Waals surface area (Å²) in [6.45, 7) is 2.22. The number of carbonyl (C=O) groups excluding carboxylic acids is 1. The predicted octanol–water partition coefficient (Wildman–Crippen LogP) is -0.122. The molecular weight excluding hydrogens is 186 g/mol. The second kappa shape index (κ2) is 3.91. The summed E-state index contributed by atoms with van der Waals surface area (Å²) in [4.78, 5) is 10.4. The van der Waals surface area contributed by atoms with Crippen LogP contribution >= 0.6 is 12.2 Å².